The van der Waals surface area contributed by atoms with Crippen LogP contribution in [0, 0.1) is 0 Å². The molecule has 8 heavy (non-hydrogen) atoms. The molecular weight excluding hydrogens is 100 g/mol. The van der Waals surface area contributed by atoms with Gasteiger partial charge in [-0.1, -0.05) is 20.8 Å². The summed E-state index contributed by atoms with van der Waals surface area (Å²) in [6.45, 7) is 10.1. The Hall–Kier alpha value is -0.0800. The van der Waals surface area contributed by atoms with Crippen LogP contribution in [0.1, 0.15) is 20.8 Å². The molecule has 0 aromatic carbocycles. The van der Waals surface area contributed by atoms with Crippen molar-refractivity contribution in [3.8, 4) is 0 Å². The predicted molar refractivity (Wildman–Crippen MR) is 38.5 cm³/mol. The topological polar surface area (TPSA) is 38.2 Å². The van der Waals surface area contributed by atoms with Crippen molar-refractivity contribution in [1.29, 1.82) is 0 Å². The van der Waals surface area contributed by atoms with Crippen LogP contribution in [0.4, 0.5) is 0 Å². The van der Waals surface area contributed by atoms with Crippen LogP contribution in [0.25, 0.3) is 0 Å². The van der Waals surface area contributed by atoms with Crippen molar-refractivity contribution in [2.24, 2.45) is 0 Å². The predicted octanol–water partition coefficient (Wildman–Crippen LogP) is 1.51. The minimum atomic E-state index is 0. The van der Waals surface area contributed by atoms with E-state index in [0.717, 1.165) is 0 Å². The Labute approximate surface area is 52.5 Å². The fourth-order valence-electron chi connectivity index (χ4n) is 0.671. The maximum absolute atomic E-state index is 2.38. The van der Waals surface area contributed by atoms with E-state index in [1.165, 1.54) is 19.6 Å². The van der Waals surface area contributed by atoms with Gasteiger partial charge in [0.25, 0.3) is 0 Å². The first-order valence-electron chi connectivity index (χ1n) is 3.07. The minimum absolute atomic E-state index is 0. The summed E-state index contributed by atoms with van der Waals surface area (Å²) in [5.41, 5.74) is 0. The maximum Gasteiger partial charge on any atom is -0.00474 e. The fourth-order valence-corrected chi connectivity index (χ4v) is 0.671. The van der Waals surface area contributed by atoms with Crippen molar-refractivity contribution >= 4 is 0 Å². The van der Waals surface area contributed by atoms with Crippen molar-refractivity contribution in [1.82, 2.24) is 11.1 Å². The standard InChI is InChI=1S/C6H15N.H3N/c1-4-7(5-2)6-3;/h4-6H2,1-3H3;1H3. The van der Waals surface area contributed by atoms with Gasteiger partial charge < -0.3 is 11.1 Å². The molecule has 0 aliphatic heterocycles. The fraction of sp³-hybridized carbons (Fsp3) is 1.00. The molecule has 2 heteroatoms. The van der Waals surface area contributed by atoms with E-state index in [1.807, 2.05) is 0 Å². The van der Waals surface area contributed by atoms with Gasteiger partial charge in [0, 0.05) is 0 Å². The molecule has 0 aliphatic carbocycles. The summed E-state index contributed by atoms with van der Waals surface area (Å²) in [5, 5.41) is 0. The lowest BCUT2D eigenvalue weighted by Gasteiger charge is -2.13. The third kappa shape index (κ3) is 4.09. The van der Waals surface area contributed by atoms with Crippen molar-refractivity contribution in [2.75, 3.05) is 19.6 Å². The second kappa shape index (κ2) is 6.92. The van der Waals surface area contributed by atoms with Gasteiger partial charge in [-0.05, 0) is 19.6 Å². The molecule has 0 saturated carbocycles. The molecule has 0 heterocycles. The molecule has 0 aromatic rings. The van der Waals surface area contributed by atoms with Crippen LogP contribution in [0.3, 0.4) is 0 Å². The highest BCUT2D eigenvalue weighted by Crippen LogP contribution is 1.81. The zero-order valence-corrected chi connectivity index (χ0v) is 6.28. The molecule has 0 atom stereocenters. The summed E-state index contributed by atoms with van der Waals surface area (Å²) in [4.78, 5) is 2.38. The first-order valence-corrected chi connectivity index (χ1v) is 3.07. The van der Waals surface area contributed by atoms with E-state index in [-0.39, 0.29) is 6.15 Å². The minimum Gasteiger partial charge on any atom is -0.344 e. The Morgan fingerprint density at radius 1 is 0.875 bits per heavy atom. The molecule has 0 radical (unpaired) electrons. The Kier molecular flexibility index (Phi) is 9.36. The molecule has 0 aromatic heterocycles. The van der Waals surface area contributed by atoms with Gasteiger partial charge in [0.15, 0.2) is 0 Å². The molecule has 0 amide bonds. The SMILES string of the molecule is CCN(CC)CC.N. The normalized spacial score (nSPS) is 9.00. The molecule has 0 rings (SSSR count). The number of hydrogen-bond acceptors (Lipinski definition) is 2. The highest BCUT2D eigenvalue weighted by atomic mass is 15.1. The molecule has 52 valence electrons. The van der Waals surface area contributed by atoms with Crippen molar-refractivity contribution in [3.05, 3.63) is 0 Å². The molecule has 0 unspecified atom stereocenters. The molecule has 0 aliphatic rings. The third-order valence-corrected chi connectivity index (χ3v) is 1.34. The van der Waals surface area contributed by atoms with Gasteiger partial charge in [-0.15, -0.1) is 0 Å². The molecule has 0 fully saturated rings. The summed E-state index contributed by atoms with van der Waals surface area (Å²) < 4.78 is 0. The lowest BCUT2D eigenvalue weighted by Crippen LogP contribution is -2.21. The van der Waals surface area contributed by atoms with Gasteiger partial charge in [0.05, 0.1) is 0 Å². The molecule has 0 bridgehead atoms. The Bertz CT molecular complexity index is 28.0. The number of hydrogen-bond donors (Lipinski definition) is 1. The van der Waals surface area contributed by atoms with E-state index in [0.29, 0.717) is 0 Å². The summed E-state index contributed by atoms with van der Waals surface area (Å²) in [5.74, 6) is 0. The quantitative estimate of drug-likeness (QED) is 0.610. The Balaban J connectivity index is 0. The van der Waals surface area contributed by atoms with E-state index in [1.54, 1.807) is 0 Å². The molecule has 3 N–H and O–H groups in total. The average Bonchev–Trinajstić information content (AvgIpc) is 1.72. The number of nitrogens with zero attached hydrogens (tertiary/aromatic N) is 1. The molecule has 0 saturated heterocycles. The molecule has 0 spiro atoms. The first-order chi connectivity index (χ1) is 3.35. The lowest BCUT2D eigenvalue weighted by atomic mass is 10.5. The van der Waals surface area contributed by atoms with Crippen LogP contribution >= 0.6 is 0 Å². The Morgan fingerprint density at radius 2 is 1.12 bits per heavy atom. The van der Waals surface area contributed by atoms with Crippen LogP contribution < -0.4 is 6.15 Å². The summed E-state index contributed by atoms with van der Waals surface area (Å²) in [6, 6.07) is 0. The van der Waals surface area contributed by atoms with Crippen LogP contribution in [0.15, 0.2) is 0 Å². The molecular formula is C6H18N2. The van der Waals surface area contributed by atoms with Gasteiger partial charge in [-0.25, -0.2) is 0 Å². The summed E-state index contributed by atoms with van der Waals surface area (Å²) >= 11 is 0. The van der Waals surface area contributed by atoms with E-state index in [2.05, 4.69) is 25.7 Å². The van der Waals surface area contributed by atoms with Crippen LogP contribution in [-0.4, -0.2) is 24.5 Å². The van der Waals surface area contributed by atoms with E-state index in [4.69, 9.17) is 0 Å². The third-order valence-electron chi connectivity index (χ3n) is 1.34. The maximum atomic E-state index is 2.38. The van der Waals surface area contributed by atoms with Crippen molar-refractivity contribution in [3.63, 3.8) is 0 Å². The zero-order valence-electron chi connectivity index (χ0n) is 6.28. The second-order valence-corrected chi connectivity index (χ2v) is 1.62. The Morgan fingerprint density at radius 3 is 1.12 bits per heavy atom. The number of rotatable bonds is 3. The van der Waals surface area contributed by atoms with E-state index in [9.17, 15) is 0 Å². The smallest absolute Gasteiger partial charge is 0.00474 e. The van der Waals surface area contributed by atoms with E-state index >= 15 is 0 Å². The summed E-state index contributed by atoms with van der Waals surface area (Å²) in [7, 11) is 0. The summed E-state index contributed by atoms with van der Waals surface area (Å²) in [6.07, 6.45) is 0. The van der Waals surface area contributed by atoms with Gasteiger partial charge in [-0.2, -0.15) is 0 Å². The van der Waals surface area contributed by atoms with Gasteiger partial charge in [0.1, 0.15) is 0 Å². The van der Waals surface area contributed by atoms with Crippen molar-refractivity contribution in [2.45, 2.75) is 20.8 Å². The van der Waals surface area contributed by atoms with Crippen molar-refractivity contribution < 1.29 is 0 Å². The largest absolute Gasteiger partial charge is 0.344 e. The van der Waals surface area contributed by atoms with Crippen LogP contribution in [-0.2, 0) is 0 Å². The van der Waals surface area contributed by atoms with Crippen LogP contribution in [0.2, 0.25) is 0 Å². The average molecular weight is 118 g/mol. The monoisotopic (exact) mass is 118 g/mol. The van der Waals surface area contributed by atoms with Gasteiger partial charge in [0.2, 0.25) is 0 Å². The van der Waals surface area contributed by atoms with Gasteiger partial charge >= 0.3 is 0 Å². The highest BCUT2D eigenvalue weighted by molar-refractivity contribution is 4.43. The second-order valence-electron chi connectivity index (χ2n) is 1.62. The lowest BCUT2D eigenvalue weighted by molar-refractivity contribution is 0.321. The van der Waals surface area contributed by atoms with Crippen LogP contribution in [0.5, 0.6) is 0 Å². The van der Waals surface area contributed by atoms with Gasteiger partial charge in [-0.3, -0.25) is 0 Å². The highest BCUT2D eigenvalue weighted by Gasteiger charge is 1.89. The zero-order chi connectivity index (χ0) is 5.70. The molecule has 2 nitrogen and oxygen atoms in total. The first kappa shape index (κ1) is 10.8. The van der Waals surface area contributed by atoms with E-state index < -0.39 is 0 Å².